The van der Waals surface area contributed by atoms with Crippen LogP contribution in [0, 0.1) is 0 Å². The number of amides is 2. The number of hydrogen-bond donors (Lipinski definition) is 3. The van der Waals surface area contributed by atoms with Crippen LogP contribution in [0.15, 0.2) is 47.7 Å². The van der Waals surface area contributed by atoms with Crippen molar-refractivity contribution in [3.05, 3.63) is 48.3 Å². The van der Waals surface area contributed by atoms with Gasteiger partial charge in [-0.25, -0.2) is 0 Å². The molecule has 1 aliphatic rings. The van der Waals surface area contributed by atoms with Gasteiger partial charge in [-0.15, -0.1) is 0 Å². The number of hydrogen-bond acceptors (Lipinski definition) is 4. The lowest BCUT2D eigenvalue weighted by Gasteiger charge is -2.19. The van der Waals surface area contributed by atoms with Crippen LogP contribution in [0.4, 0.5) is 5.69 Å². The summed E-state index contributed by atoms with van der Waals surface area (Å²) in [5.41, 5.74) is 1.75. The van der Waals surface area contributed by atoms with E-state index in [1.54, 1.807) is 30.2 Å². The summed E-state index contributed by atoms with van der Waals surface area (Å²) in [6.07, 6.45) is 4.84. The van der Waals surface area contributed by atoms with E-state index in [4.69, 9.17) is 0 Å². The van der Waals surface area contributed by atoms with Gasteiger partial charge in [0, 0.05) is 57.2 Å². The number of guanidine groups is 1. The van der Waals surface area contributed by atoms with E-state index in [9.17, 15) is 9.59 Å². The van der Waals surface area contributed by atoms with Crippen LogP contribution in [-0.2, 0) is 22.7 Å². The predicted molar refractivity (Wildman–Crippen MR) is 116 cm³/mol. The van der Waals surface area contributed by atoms with Crippen molar-refractivity contribution in [2.24, 2.45) is 4.99 Å². The first-order chi connectivity index (χ1) is 14.6. The highest BCUT2D eigenvalue weighted by atomic mass is 16.2. The SMILES string of the molecule is CCC(=O)N1CCC(NC(=NC)NCc2cccc(NC(=O)Cn3cccn3)c2)C1. The number of aliphatic imine (C=N–C) groups is 1. The van der Waals surface area contributed by atoms with Gasteiger partial charge < -0.3 is 20.9 Å². The highest BCUT2D eigenvalue weighted by molar-refractivity contribution is 5.90. The van der Waals surface area contributed by atoms with Crippen LogP contribution in [0.1, 0.15) is 25.3 Å². The summed E-state index contributed by atoms with van der Waals surface area (Å²) in [7, 11) is 1.73. The highest BCUT2D eigenvalue weighted by Gasteiger charge is 2.25. The summed E-state index contributed by atoms with van der Waals surface area (Å²) in [6.45, 7) is 4.10. The van der Waals surface area contributed by atoms with Gasteiger partial charge in [-0.1, -0.05) is 19.1 Å². The van der Waals surface area contributed by atoms with Crippen LogP contribution < -0.4 is 16.0 Å². The minimum absolute atomic E-state index is 0.131. The Morgan fingerprint density at radius 2 is 2.17 bits per heavy atom. The van der Waals surface area contributed by atoms with Gasteiger partial charge in [0.25, 0.3) is 0 Å². The first kappa shape index (κ1) is 21.4. The van der Waals surface area contributed by atoms with Crippen LogP contribution in [0.25, 0.3) is 0 Å². The van der Waals surface area contributed by atoms with E-state index in [-0.39, 0.29) is 24.4 Å². The normalized spacial score (nSPS) is 16.4. The van der Waals surface area contributed by atoms with E-state index >= 15 is 0 Å². The first-order valence-corrected chi connectivity index (χ1v) is 10.2. The molecule has 30 heavy (non-hydrogen) atoms. The van der Waals surface area contributed by atoms with Crippen LogP contribution in [-0.4, -0.2) is 58.6 Å². The Bertz CT molecular complexity index is 879. The molecule has 1 aliphatic heterocycles. The molecule has 0 radical (unpaired) electrons. The van der Waals surface area contributed by atoms with Crippen molar-refractivity contribution in [2.45, 2.75) is 38.9 Å². The Morgan fingerprint density at radius 1 is 1.30 bits per heavy atom. The number of benzene rings is 1. The molecule has 1 unspecified atom stereocenters. The number of aromatic nitrogens is 2. The summed E-state index contributed by atoms with van der Waals surface area (Å²) >= 11 is 0. The van der Waals surface area contributed by atoms with Gasteiger partial charge >= 0.3 is 0 Å². The molecule has 2 aromatic rings. The van der Waals surface area contributed by atoms with E-state index in [0.29, 0.717) is 25.5 Å². The maximum Gasteiger partial charge on any atom is 0.246 e. The molecule has 2 heterocycles. The monoisotopic (exact) mass is 411 g/mol. The number of carbonyl (C=O) groups is 2. The second-order valence-electron chi connectivity index (χ2n) is 7.20. The second-order valence-corrected chi connectivity index (χ2v) is 7.20. The average Bonchev–Trinajstić information content (AvgIpc) is 3.42. The molecule has 0 saturated carbocycles. The molecule has 2 amide bonds. The lowest BCUT2D eigenvalue weighted by molar-refractivity contribution is -0.129. The smallest absolute Gasteiger partial charge is 0.246 e. The highest BCUT2D eigenvalue weighted by Crippen LogP contribution is 2.12. The van der Waals surface area contributed by atoms with Crippen molar-refractivity contribution >= 4 is 23.5 Å². The van der Waals surface area contributed by atoms with E-state index in [2.05, 4.69) is 26.0 Å². The summed E-state index contributed by atoms with van der Waals surface area (Å²) in [5, 5.41) is 13.6. The number of likely N-dealkylation sites (tertiary alicyclic amines) is 1. The minimum Gasteiger partial charge on any atom is -0.352 e. The largest absolute Gasteiger partial charge is 0.352 e. The topological polar surface area (TPSA) is 104 Å². The molecule has 1 aromatic heterocycles. The number of nitrogens with one attached hydrogen (secondary N) is 3. The lowest BCUT2D eigenvalue weighted by Crippen LogP contribution is -2.44. The fraction of sp³-hybridized carbons (Fsp3) is 0.429. The van der Waals surface area contributed by atoms with Crippen LogP contribution in [0.5, 0.6) is 0 Å². The minimum atomic E-state index is -0.131. The zero-order valence-corrected chi connectivity index (χ0v) is 17.5. The third kappa shape index (κ3) is 6.07. The lowest BCUT2D eigenvalue weighted by atomic mass is 10.2. The Kier molecular flexibility index (Phi) is 7.42. The van der Waals surface area contributed by atoms with Gasteiger partial charge in [0.05, 0.1) is 0 Å². The number of carbonyl (C=O) groups excluding carboxylic acids is 2. The number of anilines is 1. The van der Waals surface area contributed by atoms with Crippen LogP contribution in [0.2, 0.25) is 0 Å². The molecule has 0 bridgehead atoms. The van der Waals surface area contributed by atoms with E-state index in [1.807, 2.05) is 36.1 Å². The van der Waals surface area contributed by atoms with Crippen molar-refractivity contribution in [3.63, 3.8) is 0 Å². The maximum absolute atomic E-state index is 12.1. The van der Waals surface area contributed by atoms with E-state index < -0.39 is 0 Å². The molecule has 0 aliphatic carbocycles. The Hall–Kier alpha value is -3.36. The third-order valence-corrected chi connectivity index (χ3v) is 4.94. The van der Waals surface area contributed by atoms with Crippen molar-refractivity contribution in [2.75, 3.05) is 25.5 Å². The van der Waals surface area contributed by atoms with Crippen LogP contribution in [0.3, 0.4) is 0 Å². The predicted octanol–water partition coefficient (Wildman–Crippen LogP) is 1.20. The van der Waals surface area contributed by atoms with Gasteiger partial charge in [0.15, 0.2) is 5.96 Å². The van der Waals surface area contributed by atoms with E-state index in [1.165, 1.54) is 0 Å². The Balaban J connectivity index is 1.48. The molecular weight excluding hydrogens is 382 g/mol. The van der Waals surface area contributed by atoms with Gasteiger partial charge in [0.2, 0.25) is 11.8 Å². The molecule has 1 fully saturated rings. The average molecular weight is 412 g/mol. The molecule has 3 N–H and O–H groups in total. The summed E-state index contributed by atoms with van der Waals surface area (Å²) in [5.74, 6) is 0.751. The second kappa shape index (κ2) is 10.4. The van der Waals surface area contributed by atoms with Crippen molar-refractivity contribution in [1.29, 1.82) is 0 Å². The van der Waals surface area contributed by atoms with Gasteiger partial charge in [0.1, 0.15) is 6.54 Å². The van der Waals surface area contributed by atoms with Gasteiger partial charge in [-0.2, -0.15) is 5.10 Å². The molecule has 9 heteroatoms. The van der Waals surface area contributed by atoms with Crippen LogP contribution >= 0.6 is 0 Å². The molecule has 1 aromatic carbocycles. The van der Waals surface area contributed by atoms with Gasteiger partial charge in [-0.3, -0.25) is 19.3 Å². The Labute approximate surface area is 176 Å². The maximum atomic E-state index is 12.1. The summed E-state index contributed by atoms with van der Waals surface area (Å²) < 4.78 is 1.58. The molecule has 3 rings (SSSR count). The number of nitrogens with zero attached hydrogens (tertiary/aromatic N) is 4. The summed E-state index contributed by atoms with van der Waals surface area (Å²) in [6, 6.07) is 9.65. The Morgan fingerprint density at radius 3 is 2.90 bits per heavy atom. The van der Waals surface area contributed by atoms with Crippen molar-refractivity contribution in [3.8, 4) is 0 Å². The standard InChI is InChI=1S/C21H29N7O2/c1-3-20(30)27-11-8-18(14-27)26-21(22-2)23-13-16-6-4-7-17(12-16)25-19(29)15-28-10-5-9-24-28/h4-7,9-10,12,18H,3,8,11,13-15H2,1-2H3,(H,25,29)(H2,22,23,26). The fourth-order valence-corrected chi connectivity index (χ4v) is 3.40. The number of rotatable bonds is 7. The third-order valence-electron chi connectivity index (χ3n) is 4.94. The molecular formula is C21H29N7O2. The van der Waals surface area contributed by atoms with Gasteiger partial charge in [-0.05, 0) is 30.2 Å². The van der Waals surface area contributed by atoms with E-state index in [0.717, 1.165) is 24.2 Å². The quantitative estimate of drug-likeness (QED) is 0.469. The fourth-order valence-electron chi connectivity index (χ4n) is 3.40. The zero-order chi connectivity index (χ0) is 21.3. The molecule has 9 nitrogen and oxygen atoms in total. The molecule has 1 saturated heterocycles. The van der Waals surface area contributed by atoms with Crippen molar-refractivity contribution in [1.82, 2.24) is 25.3 Å². The molecule has 1 atom stereocenters. The first-order valence-electron chi connectivity index (χ1n) is 10.2. The van der Waals surface area contributed by atoms with Crippen molar-refractivity contribution < 1.29 is 9.59 Å². The molecule has 0 spiro atoms. The molecule has 160 valence electrons. The summed E-state index contributed by atoms with van der Waals surface area (Å²) in [4.78, 5) is 30.2. The zero-order valence-electron chi connectivity index (χ0n) is 17.5.